The first-order valence-corrected chi connectivity index (χ1v) is 12.6. The Balaban J connectivity index is 1.65. The Morgan fingerprint density at radius 2 is 2.06 bits per heavy atom. The predicted molar refractivity (Wildman–Crippen MR) is 131 cm³/mol. The molecule has 2 aromatic heterocycles. The number of benzene rings is 1. The maximum absolute atomic E-state index is 13.2. The molecule has 0 bridgehead atoms. The fraction of sp³-hybridized carbons (Fsp3) is 0.364. The van der Waals surface area contributed by atoms with Crippen molar-refractivity contribution in [1.29, 1.82) is 0 Å². The minimum atomic E-state index is -0.472. The van der Waals surface area contributed by atoms with E-state index < -0.39 is 11.8 Å². The van der Waals surface area contributed by atoms with E-state index in [1.807, 2.05) is 25.3 Å². The lowest BCUT2D eigenvalue weighted by Gasteiger charge is -2.10. The number of halogens is 2. The number of hydrogen-bond donors (Lipinski definition) is 1. The maximum Gasteiger partial charge on any atom is 0.341 e. The van der Waals surface area contributed by atoms with Crippen LogP contribution in [0.25, 0.3) is 0 Å². The molecule has 12 heteroatoms. The van der Waals surface area contributed by atoms with Crippen molar-refractivity contribution >= 4 is 51.6 Å². The molecule has 0 unspecified atom stereocenters. The summed E-state index contributed by atoms with van der Waals surface area (Å²) in [5.74, 6) is -0.252. The molecule has 0 saturated carbocycles. The SMILES string of the molecule is CCc1c(C)sc(NC(=O)CSc2nnc(COc3ccc(F)cc3Cl)n2CC)c1C(=O)OC. The molecule has 0 saturated heterocycles. The molecule has 8 nitrogen and oxygen atoms in total. The summed E-state index contributed by atoms with van der Waals surface area (Å²) in [6, 6.07) is 3.88. The number of carbonyl (C=O) groups is 2. The van der Waals surface area contributed by atoms with E-state index in [1.54, 1.807) is 0 Å². The van der Waals surface area contributed by atoms with Gasteiger partial charge in [0, 0.05) is 11.4 Å². The van der Waals surface area contributed by atoms with E-state index in [0.29, 0.717) is 40.3 Å². The van der Waals surface area contributed by atoms with Crippen LogP contribution in [-0.4, -0.2) is 39.5 Å². The molecule has 0 aliphatic rings. The van der Waals surface area contributed by atoms with E-state index in [4.69, 9.17) is 21.1 Å². The molecule has 0 radical (unpaired) electrons. The fourth-order valence-corrected chi connectivity index (χ4v) is 5.48. The van der Waals surface area contributed by atoms with Gasteiger partial charge in [-0.2, -0.15) is 0 Å². The Morgan fingerprint density at radius 3 is 2.71 bits per heavy atom. The summed E-state index contributed by atoms with van der Waals surface area (Å²) in [7, 11) is 1.32. The Labute approximate surface area is 209 Å². The normalized spacial score (nSPS) is 10.9. The van der Waals surface area contributed by atoms with E-state index in [0.717, 1.165) is 10.4 Å². The summed E-state index contributed by atoms with van der Waals surface area (Å²) in [6.07, 6.45) is 0.658. The molecular formula is C22H24ClFN4O4S2. The van der Waals surface area contributed by atoms with Crippen LogP contribution in [0.5, 0.6) is 5.75 Å². The fourth-order valence-electron chi connectivity index (χ4n) is 3.29. The van der Waals surface area contributed by atoms with E-state index in [-0.39, 0.29) is 23.3 Å². The number of methoxy groups -OCH3 is 1. The van der Waals surface area contributed by atoms with Gasteiger partial charge in [0.2, 0.25) is 5.91 Å². The number of ether oxygens (including phenoxy) is 2. The number of thiophene rings is 1. The summed E-state index contributed by atoms with van der Waals surface area (Å²) in [4.78, 5) is 25.8. The molecule has 0 spiro atoms. The van der Waals surface area contributed by atoms with Crippen molar-refractivity contribution in [2.45, 2.75) is 45.5 Å². The topological polar surface area (TPSA) is 95.3 Å². The number of nitrogens with zero attached hydrogens (tertiary/aromatic N) is 3. The lowest BCUT2D eigenvalue weighted by molar-refractivity contribution is -0.113. The first-order chi connectivity index (χ1) is 16.3. The minimum Gasteiger partial charge on any atom is -0.484 e. The van der Waals surface area contributed by atoms with Crippen molar-refractivity contribution in [3.8, 4) is 5.75 Å². The predicted octanol–water partition coefficient (Wildman–Crippen LogP) is 5.12. The third kappa shape index (κ3) is 5.89. The van der Waals surface area contributed by atoms with Gasteiger partial charge >= 0.3 is 5.97 Å². The lowest BCUT2D eigenvalue weighted by Crippen LogP contribution is -2.17. The van der Waals surface area contributed by atoms with E-state index in [1.165, 1.54) is 48.4 Å². The zero-order chi connectivity index (χ0) is 24.8. The average molecular weight is 527 g/mol. The highest BCUT2D eigenvalue weighted by Gasteiger charge is 2.23. The largest absolute Gasteiger partial charge is 0.484 e. The number of hydrogen-bond acceptors (Lipinski definition) is 8. The number of aromatic nitrogens is 3. The smallest absolute Gasteiger partial charge is 0.341 e. The standard InChI is InChI=1S/C22H24ClFN4O4S2/c1-5-14-12(3)34-20(19(14)21(30)31-4)25-18(29)11-33-22-27-26-17(28(22)6-2)10-32-16-8-7-13(24)9-15(16)23/h7-9H,5-6,10-11H2,1-4H3,(H,25,29). The van der Waals surface area contributed by atoms with Gasteiger partial charge in [-0.15, -0.1) is 21.5 Å². The minimum absolute atomic E-state index is 0.0712. The second-order valence-electron chi connectivity index (χ2n) is 7.03. The van der Waals surface area contributed by atoms with Crippen molar-refractivity contribution in [2.24, 2.45) is 0 Å². The van der Waals surface area contributed by atoms with Gasteiger partial charge in [0.25, 0.3) is 0 Å². The molecule has 182 valence electrons. The van der Waals surface area contributed by atoms with E-state index in [9.17, 15) is 14.0 Å². The van der Waals surface area contributed by atoms with Crippen LogP contribution in [0.2, 0.25) is 5.02 Å². The average Bonchev–Trinajstić information content (AvgIpc) is 3.35. The number of aryl methyl sites for hydroxylation is 1. The number of nitrogens with one attached hydrogen (secondary N) is 1. The summed E-state index contributed by atoms with van der Waals surface area (Å²) in [6.45, 7) is 6.42. The Hall–Kier alpha value is -2.63. The molecule has 3 rings (SSSR count). The van der Waals surface area contributed by atoms with Crippen LogP contribution in [0.1, 0.15) is 40.5 Å². The maximum atomic E-state index is 13.2. The third-order valence-electron chi connectivity index (χ3n) is 4.90. The number of thioether (sulfide) groups is 1. The highest BCUT2D eigenvalue weighted by Crippen LogP contribution is 2.34. The molecule has 0 aliphatic carbocycles. The second kappa shape index (κ2) is 11.7. The molecule has 1 N–H and O–H groups in total. The first kappa shape index (κ1) is 26.0. The quantitative estimate of drug-likeness (QED) is 0.289. The molecule has 1 amide bonds. The van der Waals surface area contributed by atoms with E-state index >= 15 is 0 Å². The van der Waals surface area contributed by atoms with Gasteiger partial charge in [-0.05, 0) is 44.0 Å². The van der Waals surface area contributed by atoms with Crippen LogP contribution in [0.4, 0.5) is 9.39 Å². The number of carbonyl (C=O) groups excluding carboxylic acids is 2. The van der Waals surface area contributed by atoms with Gasteiger partial charge < -0.3 is 19.4 Å². The molecule has 0 atom stereocenters. The summed E-state index contributed by atoms with van der Waals surface area (Å²) in [5.41, 5.74) is 1.28. The number of anilines is 1. The van der Waals surface area contributed by atoms with Crippen LogP contribution in [0, 0.1) is 12.7 Å². The molecule has 0 fully saturated rings. The number of esters is 1. The number of amides is 1. The summed E-state index contributed by atoms with van der Waals surface area (Å²) in [5, 5.41) is 12.3. The summed E-state index contributed by atoms with van der Waals surface area (Å²) < 4.78 is 25.6. The first-order valence-electron chi connectivity index (χ1n) is 10.4. The van der Waals surface area contributed by atoms with Crippen LogP contribution >= 0.6 is 34.7 Å². The molecule has 1 aromatic carbocycles. The third-order valence-corrected chi connectivity index (χ3v) is 7.22. The van der Waals surface area contributed by atoms with Crippen molar-refractivity contribution in [3.63, 3.8) is 0 Å². The number of rotatable bonds is 10. The summed E-state index contributed by atoms with van der Waals surface area (Å²) >= 11 is 8.57. The van der Waals surface area contributed by atoms with Crippen LogP contribution < -0.4 is 10.1 Å². The van der Waals surface area contributed by atoms with Crippen LogP contribution in [0.15, 0.2) is 23.4 Å². The second-order valence-corrected chi connectivity index (χ2v) is 9.60. The van der Waals surface area contributed by atoms with Gasteiger partial charge in [-0.1, -0.05) is 30.3 Å². The monoisotopic (exact) mass is 526 g/mol. The Kier molecular flexibility index (Phi) is 8.92. The van der Waals surface area contributed by atoms with Crippen LogP contribution in [0.3, 0.4) is 0 Å². The van der Waals surface area contributed by atoms with Crippen molar-refractivity contribution < 1.29 is 23.5 Å². The lowest BCUT2D eigenvalue weighted by atomic mass is 10.1. The van der Waals surface area contributed by atoms with Gasteiger partial charge in [0.1, 0.15) is 23.2 Å². The van der Waals surface area contributed by atoms with Gasteiger partial charge in [-0.3, -0.25) is 4.79 Å². The van der Waals surface area contributed by atoms with Crippen LogP contribution in [-0.2, 0) is 29.1 Å². The van der Waals surface area contributed by atoms with Gasteiger partial charge in [0.05, 0.1) is 23.4 Å². The van der Waals surface area contributed by atoms with Crippen molar-refractivity contribution in [1.82, 2.24) is 14.8 Å². The molecule has 34 heavy (non-hydrogen) atoms. The Bertz CT molecular complexity index is 1200. The van der Waals surface area contributed by atoms with E-state index in [2.05, 4.69) is 15.5 Å². The molecule has 3 aromatic rings. The Morgan fingerprint density at radius 1 is 1.29 bits per heavy atom. The molecule has 0 aliphatic heterocycles. The molecule has 2 heterocycles. The van der Waals surface area contributed by atoms with Crippen molar-refractivity contribution in [2.75, 3.05) is 18.2 Å². The van der Waals surface area contributed by atoms with Gasteiger partial charge in [-0.25, -0.2) is 9.18 Å². The van der Waals surface area contributed by atoms with Gasteiger partial charge in [0.15, 0.2) is 11.0 Å². The van der Waals surface area contributed by atoms with Crippen molar-refractivity contribution in [3.05, 3.63) is 50.9 Å². The molecular weight excluding hydrogens is 503 g/mol. The highest BCUT2D eigenvalue weighted by atomic mass is 35.5. The zero-order valence-electron chi connectivity index (χ0n) is 19.1. The zero-order valence-corrected chi connectivity index (χ0v) is 21.5. The highest BCUT2D eigenvalue weighted by molar-refractivity contribution is 7.99.